The number of benzene rings is 4. The second-order valence-corrected chi connectivity index (χ2v) is 12.7. The Hall–Kier alpha value is -4.48. The van der Waals surface area contributed by atoms with Gasteiger partial charge in [-0.2, -0.15) is 0 Å². The predicted octanol–water partition coefficient (Wildman–Crippen LogP) is 5.95. The third kappa shape index (κ3) is 7.17. The first kappa shape index (κ1) is 32.1. The summed E-state index contributed by atoms with van der Waals surface area (Å²) in [5, 5.41) is 27.6. The summed E-state index contributed by atoms with van der Waals surface area (Å²) in [5.41, 5.74) is 4.43. The molecule has 0 amide bonds. The molecule has 1 fully saturated rings. The number of rotatable bonds is 12. The van der Waals surface area contributed by atoms with Crippen molar-refractivity contribution < 1.29 is 0 Å². The van der Waals surface area contributed by atoms with E-state index in [0.717, 1.165) is 61.8 Å². The highest BCUT2D eigenvalue weighted by Crippen LogP contribution is 2.36. The molecule has 48 heavy (non-hydrogen) atoms. The zero-order valence-corrected chi connectivity index (χ0v) is 27.9. The summed E-state index contributed by atoms with van der Waals surface area (Å²) in [6.07, 6.45) is 1.64. The highest BCUT2D eigenvalue weighted by atomic mass is 35.5. The average molecular weight is 680 g/mol. The molecule has 0 saturated carbocycles. The average Bonchev–Trinajstić information content (AvgIpc) is 3.80. The van der Waals surface area contributed by atoms with Crippen molar-refractivity contribution in [2.45, 2.75) is 38.0 Å². The van der Waals surface area contributed by atoms with E-state index in [1.165, 1.54) is 11.1 Å². The van der Waals surface area contributed by atoms with E-state index in [4.69, 9.17) is 23.2 Å². The van der Waals surface area contributed by atoms with E-state index in [1.54, 1.807) is 0 Å². The van der Waals surface area contributed by atoms with Crippen LogP contribution >= 0.6 is 23.2 Å². The van der Waals surface area contributed by atoms with Crippen LogP contribution in [0.5, 0.6) is 0 Å². The van der Waals surface area contributed by atoms with Gasteiger partial charge in [-0.3, -0.25) is 9.80 Å². The number of tetrazole rings is 2. The van der Waals surface area contributed by atoms with Crippen LogP contribution in [0.25, 0.3) is 0 Å². The summed E-state index contributed by atoms with van der Waals surface area (Å²) in [7, 11) is 0. The van der Waals surface area contributed by atoms with Crippen molar-refractivity contribution in [1.82, 2.24) is 50.2 Å². The van der Waals surface area contributed by atoms with Crippen molar-refractivity contribution in [1.29, 1.82) is 0 Å². The molecule has 1 saturated heterocycles. The van der Waals surface area contributed by atoms with Crippen LogP contribution < -0.4 is 0 Å². The lowest BCUT2D eigenvalue weighted by Crippen LogP contribution is -2.50. The van der Waals surface area contributed by atoms with Gasteiger partial charge in [0, 0.05) is 49.3 Å². The first-order chi connectivity index (χ1) is 23.7. The van der Waals surface area contributed by atoms with Crippen LogP contribution in [-0.4, -0.2) is 76.4 Å². The molecule has 10 nitrogen and oxygen atoms in total. The third-order valence-corrected chi connectivity index (χ3v) is 9.69. The second kappa shape index (κ2) is 15.2. The van der Waals surface area contributed by atoms with Gasteiger partial charge in [-0.1, -0.05) is 120 Å². The molecule has 244 valence electrons. The van der Waals surface area contributed by atoms with Crippen molar-refractivity contribution in [2.75, 3.05) is 26.2 Å². The molecule has 4 aromatic carbocycles. The first-order valence-corrected chi connectivity index (χ1v) is 17.0. The molecule has 1 aliphatic heterocycles. The lowest BCUT2D eigenvalue weighted by molar-refractivity contribution is 0.0823. The first-order valence-electron chi connectivity index (χ1n) is 16.2. The van der Waals surface area contributed by atoms with Crippen LogP contribution in [-0.2, 0) is 25.9 Å². The molecule has 2 aromatic heterocycles. The predicted molar refractivity (Wildman–Crippen MR) is 186 cm³/mol. The number of halogens is 2. The Balaban J connectivity index is 1.15. The van der Waals surface area contributed by atoms with E-state index in [9.17, 15) is 0 Å². The maximum atomic E-state index is 6.86. The molecule has 7 rings (SSSR count). The van der Waals surface area contributed by atoms with Crippen molar-refractivity contribution >= 4 is 23.2 Å². The molecule has 0 aliphatic carbocycles. The Morgan fingerprint density at radius 1 is 0.500 bits per heavy atom. The maximum absolute atomic E-state index is 6.86. The largest absolute Gasteiger partial charge is 0.287 e. The van der Waals surface area contributed by atoms with Gasteiger partial charge in [0.1, 0.15) is 0 Å². The fraction of sp³-hybridized carbons (Fsp3) is 0.278. The molecule has 0 bridgehead atoms. The molecule has 1 aliphatic rings. The normalized spacial score (nSPS) is 15.4. The minimum atomic E-state index is -0.221. The SMILES string of the molecule is Clc1ccccc1[C@H](c1nnnn1CCc1ccccc1)N1CCN([C@@H](c2ccccc2Cl)c2nnnn2CCc2ccccc2)CC1. The van der Waals surface area contributed by atoms with Crippen LogP contribution in [0.2, 0.25) is 10.0 Å². The Morgan fingerprint density at radius 3 is 1.27 bits per heavy atom. The summed E-state index contributed by atoms with van der Waals surface area (Å²) in [5.74, 6) is 1.56. The third-order valence-electron chi connectivity index (χ3n) is 9.00. The van der Waals surface area contributed by atoms with Crippen molar-refractivity contribution in [3.8, 4) is 0 Å². The summed E-state index contributed by atoms with van der Waals surface area (Å²) in [6.45, 7) is 4.30. The summed E-state index contributed by atoms with van der Waals surface area (Å²) in [4.78, 5) is 4.84. The Labute approximate surface area is 289 Å². The number of aromatic nitrogens is 8. The number of hydrogen-bond acceptors (Lipinski definition) is 8. The standard InChI is InChI=1S/C36H36Cl2N10/c37-31-17-9-7-15-29(31)33(35-39-41-43-47(35)21-19-27-11-3-1-4-12-27)45-23-25-46(26-24-45)34(30-16-8-10-18-32(30)38)36-40-42-44-48(36)22-20-28-13-5-2-6-14-28/h1-18,33-34H,19-26H2/t33-,34+. The number of hydrogen-bond donors (Lipinski definition) is 0. The molecule has 0 spiro atoms. The van der Waals surface area contributed by atoms with Crippen molar-refractivity contribution in [3.05, 3.63) is 153 Å². The highest BCUT2D eigenvalue weighted by Gasteiger charge is 2.36. The summed E-state index contributed by atoms with van der Waals surface area (Å²) in [6, 6.07) is 36.3. The smallest absolute Gasteiger partial charge is 0.173 e. The number of nitrogens with zero attached hydrogens (tertiary/aromatic N) is 10. The molecule has 6 aromatic rings. The minimum absolute atomic E-state index is 0.221. The molecule has 3 heterocycles. The van der Waals surface area contributed by atoms with Crippen LogP contribution in [0, 0.1) is 0 Å². The molecule has 0 unspecified atom stereocenters. The van der Waals surface area contributed by atoms with Gasteiger partial charge in [0.25, 0.3) is 0 Å². The fourth-order valence-corrected chi connectivity index (χ4v) is 7.02. The van der Waals surface area contributed by atoms with E-state index in [0.29, 0.717) is 23.1 Å². The topological polar surface area (TPSA) is 93.7 Å². The molecule has 0 radical (unpaired) electrons. The van der Waals surface area contributed by atoms with Gasteiger partial charge in [0.05, 0.1) is 12.1 Å². The van der Waals surface area contributed by atoms with Crippen LogP contribution in [0.1, 0.15) is 46.0 Å². The van der Waals surface area contributed by atoms with E-state index in [2.05, 4.69) is 102 Å². The van der Waals surface area contributed by atoms with Crippen molar-refractivity contribution in [3.63, 3.8) is 0 Å². The molecule has 2 atom stereocenters. The van der Waals surface area contributed by atoms with E-state index in [1.807, 2.05) is 57.9 Å². The van der Waals surface area contributed by atoms with Gasteiger partial charge in [-0.15, -0.1) is 10.2 Å². The zero-order chi connectivity index (χ0) is 32.7. The highest BCUT2D eigenvalue weighted by molar-refractivity contribution is 6.31. The number of aryl methyl sites for hydroxylation is 4. The van der Waals surface area contributed by atoms with E-state index in [-0.39, 0.29) is 12.1 Å². The summed E-state index contributed by atoms with van der Waals surface area (Å²) >= 11 is 13.7. The van der Waals surface area contributed by atoms with Gasteiger partial charge in [-0.25, -0.2) is 9.36 Å². The molecule has 12 heteroatoms. The van der Waals surface area contributed by atoms with Crippen molar-refractivity contribution in [2.24, 2.45) is 0 Å². The van der Waals surface area contributed by atoms with Gasteiger partial charge in [0.2, 0.25) is 0 Å². The monoisotopic (exact) mass is 678 g/mol. The summed E-state index contributed by atoms with van der Waals surface area (Å²) < 4.78 is 3.83. The van der Waals surface area contributed by atoms with Gasteiger partial charge >= 0.3 is 0 Å². The second-order valence-electron chi connectivity index (χ2n) is 11.9. The quantitative estimate of drug-likeness (QED) is 0.157. The van der Waals surface area contributed by atoms with Crippen LogP contribution in [0.3, 0.4) is 0 Å². The Morgan fingerprint density at radius 2 is 0.875 bits per heavy atom. The lowest BCUT2D eigenvalue weighted by Gasteiger charge is -2.42. The Bertz CT molecular complexity index is 1770. The van der Waals surface area contributed by atoms with E-state index >= 15 is 0 Å². The fourth-order valence-electron chi connectivity index (χ4n) is 6.54. The lowest BCUT2D eigenvalue weighted by atomic mass is 10.0. The maximum Gasteiger partial charge on any atom is 0.173 e. The Kier molecular flexibility index (Phi) is 10.1. The molecular formula is C36H36Cl2N10. The van der Waals surface area contributed by atoms with Gasteiger partial charge in [0.15, 0.2) is 11.6 Å². The molecular weight excluding hydrogens is 643 g/mol. The van der Waals surface area contributed by atoms with Crippen LogP contribution in [0.4, 0.5) is 0 Å². The van der Waals surface area contributed by atoms with E-state index < -0.39 is 0 Å². The van der Waals surface area contributed by atoms with Gasteiger partial charge in [-0.05, 0) is 68.1 Å². The zero-order valence-electron chi connectivity index (χ0n) is 26.4. The number of piperazine rings is 1. The van der Waals surface area contributed by atoms with Gasteiger partial charge < -0.3 is 0 Å². The molecule has 0 N–H and O–H groups in total. The van der Waals surface area contributed by atoms with Crippen LogP contribution in [0.15, 0.2) is 109 Å². The minimum Gasteiger partial charge on any atom is -0.287 e.